The minimum atomic E-state index is 0.648. The average Bonchev–Trinajstić information content (AvgIpc) is 2.58. The fourth-order valence-corrected chi connectivity index (χ4v) is 2.32. The SMILES string of the molecule is c1cc([C@@H]2CCCCN2)cs1. The number of thiophene rings is 1. The number of hydrogen-bond donors (Lipinski definition) is 1. The molecule has 1 aromatic rings. The molecule has 1 nitrogen and oxygen atoms in total. The molecule has 0 bridgehead atoms. The van der Waals surface area contributed by atoms with E-state index < -0.39 is 0 Å². The summed E-state index contributed by atoms with van der Waals surface area (Å²) in [6.45, 7) is 1.19. The molecule has 1 aliphatic heterocycles. The maximum absolute atomic E-state index is 3.53. The number of rotatable bonds is 1. The van der Waals surface area contributed by atoms with Gasteiger partial charge in [-0.2, -0.15) is 11.3 Å². The van der Waals surface area contributed by atoms with Gasteiger partial charge in [0.25, 0.3) is 0 Å². The molecule has 0 unspecified atom stereocenters. The summed E-state index contributed by atoms with van der Waals surface area (Å²) in [5.41, 5.74) is 1.48. The third kappa shape index (κ3) is 1.63. The number of hydrogen-bond acceptors (Lipinski definition) is 2. The highest BCUT2D eigenvalue weighted by molar-refractivity contribution is 7.07. The van der Waals surface area contributed by atoms with E-state index in [1.807, 2.05) is 0 Å². The topological polar surface area (TPSA) is 12.0 Å². The van der Waals surface area contributed by atoms with Gasteiger partial charge >= 0.3 is 0 Å². The molecule has 60 valence electrons. The molecule has 1 aromatic heterocycles. The predicted octanol–water partition coefficient (Wildman–Crippen LogP) is 2.56. The highest BCUT2D eigenvalue weighted by Gasteiger charge is 2.13. The van der Waals surface area contributed by atoms with E-state index in [1.54, 1.807) is 11.3 Å². The van der Waals surface area contributed by atoms with Gasteiger partial charge in [0.15, 0.2) is 0 Å². The van der Waals surface area contributed by atoms with Crippen LogP contribution in [0.5, 0.6) is 0 Å². The molecular weight excluding hydrogens is 154 g/mol. The largest absolute Gasteiger partial charge is 0.310 e. The predicted molar refractivity (Wildman–Crippen MR) is 48.9 cm³/mol. The van der Waals surface area contributed by atoms with Gasteiger partial charge < -0.3 is 5.32 Å². The zero-order valence-corrected chi connectivity index (χ0v) is 7.36. The monoisotopic (exact) mass is 167 g/mol. The molecule has 0 aromatic carbocycles. The molecule has 0 saturated carbocycles. The molecule has 0 aliphatic carbocycles. The summed E-state index contributed by atoms with van der Waals surface area (Å²) >= 11 is 1.79. The van der Waals surface area contributed by atoms with Crippen LogP contribution >= 0.6 is 11.3 Å². The van der Waals surface area contributed by atoms with Gasteiger partial charge in [-0.25, -0.2) is 0 Å². The second-order valence-electron chi connectivity index (χ2n) is 3.06. The van der Waals surface area contributed by atoms with Crippen molar-refractivity contribution < 1.29 is 0 Å². The summed E-state index contributed by atoms with van der Waals surface area (Å²) in [6.07, 6.45) is 4.05. The summed E-state index contributed by atoms with van der Waals surface area (Å²) in [4.78, 5) is 0. The molecule has 1 N–H and O–H groups in total. The Morgan fingerprint density at radius 2 is 2.45 bits per heavy atom. The maximum atomic E-state index is 3.53. The van der Waals surface area contributed by atoms with Gasteiger partial charge in [0.1, 0.15) is 0 Å². The van der Waals surface area contributed by atoms with Gasteiger partial charge in [0.05, 0.1) is 0 Å². The lowest BCUT2D eigenvalue weighted by Crippen LogP contribution is -2.26. The molecule has 11 heavy (non-hydrogen) atoms. The molecular formula is C9H13NS. The van der Waals surface area contributed by atoms with Crippen molar-refractivity contribution in [1.29, 1.82) is 0 Å². The smallest absolute Gasteiger partial charge is 0.0328 e. The summed E-state index contributed by atoms with van der Waals surface area (Å²) < 4.78 is 0. The molecule has 1 aliphatic rings. The van der Waals surface area contributed by atoms with Gasteiger partial charge in [-0.3, -0.25) is 0 Å². The Morgan fingerprint density at radius 3 is 3.09 bits per heavy atom. The third-order valence-corrected chi connectivity index (χ3v) is 2.96. The van der Waals surface area contributed by atoms with E-state index in [4.69, 9.17) is 0 Å². The van der Waals surface area contributed by atoms with Crippen LogP contribution in [-0.2, 0) is 0 Å². The Kier molecular flexibility index (Phi) is 2.24. The van der Waals surface area contributed by atoms with Crippen molar-refractivity contribution in [3.8, 4) is 0 Å². The fraction of sp³-hybridized carbons (Fsp3) is 0.556. The van der Waals surface area contributed by atoms with E-state index in [2.05, 4.69) is 22.1 Å². The van der Waals surface area contributed by atoms with Crippen molar-refractivity contribution in [2.45, 2.75) is 25.3 Å². The summed E-state index contributed by atoms with van der Waals surface area (Å²) in [5, 5.41) is 7.94. The van der Waals surface area contributed by atoms with Crippen molar-refractivity contribution in [3.05, 3.63) is 22.4 Å². The molecule has 1 atom stereocenters. The van der Waals surface area contributed by atoms with E-state index in [-0.39, 0.29) is 0 Å². The number of nitrogens with one attached hydrogen (secondary N) is 1. The first-order chi connectivity index (χ1) is 5.47. The highest BCUT2D eigenvalue weighted by atomic mass is 32.1. The Bertz CT molecular complexity index is 199. The summed E-state index contributed by atoms with van der Waals surface area (Å²) in [5.74, 6) is 0. The Labute approximate surface area is 71.4 Å². The van der Waals surface area contributed by atoms with Gasteiger partial charge in [-0.1, -0.05) is 6.42 Å². The first kappa shape index (κ1) is 7.32. The summed E-state index contributed by atoms with van der Waals surface area (Å²) in [7, 11) is 0. The molecule has 0 amide bonds. The normalized spacial score (nSPS) is 25.3. The van der Waals surface area contributed by atoms with Crippen molar-refractivity contribution >= 4 is 11.3 Å². The molecule has 0 radical (unpaired) electrons. The zero-order valence-electron chi connectivity index (χ0n) is 6.55. The van der Waals surface area contributed by atoms with Gasteiger partial charge in [-0.15, -0.1) is 0 Å². The first-order valence-electron chi connectivity index (χ1n) is 4.22. The van der Waals surface area contributed by atoms with Crippen LogP contribution in [0.4, 0.5) is 0 Å². The highest BCUT2D eigenvalue weighted by Crippen LogP contribution is 2.24. The molecule has 2 heterocycles. The van der Waals surface area contributed by atoms with E-state index in [0.29, 0.717) is 6.04 Å². The third-order valence-electron chi connectivity index (χ3n) is 2.26. The van der Waals surface area contributed by atoms with Crippen LogP contribution in [0.3, 0.4) is 0 Å². The van der Waals surface area contributed by atoms with Crippen LogP contribution in [-0.4, -0.2) is 6.54 Å². The lowest BCUT2D eigenvalue weighted by Gasteiger charge is -2.22. The average molecular weight is 167 g/mol. The van der Waals surface area contributed by atoms with Gasteiger partial charge in [-0.05, 0) is 41.8 Å². The van der Waals surface area contributed by atoms with Crippen molar-refractivity contribution in [2.24, 2.45) is 0 Å². The Hall–Kier alpha value is -0.340. The molecule has 1 fully saturated rings. The second-order valence-corrected chi connectivity index (χ2v) is 3.84. The maximum Gasteiger partial charge on any atom is 0.0328 e. The van der Waals surface area contributed by atoms with Crippen LogP contribution < -0.4 is 5.32 Å². The second kappa shape index (κ2) is 3.37. The Balaban J connectivity index is 2.04. The van der Waals surface area contributed by atoms with Crippen LogP contribution in [0.15, 0.2) is 16.8 Å². The van der Waals surface area contributed by atoms with Crippen LogP contribution in [0.2, 0.25) is 0 Å². The van der Waals surface area contributed by atoms with Crippen molar-refractivity contribution in [2.75, 3.05) is 6.54 Å². The molecule has 2 heteroatoms. The van der Waals surface area contributed by atoms with Gasteiger partial charge in [0, 0.05) is 6.04 Å². The Morgan fingerprint density at radius 1 is 1.45 bits per heavy atom. The van der Waals surface area contributed by atoms with Crippen molar-refractivity contribution in [3.63, 3.8) is 0 Å². The first-order valence-corrected chi connectivity index (χ1v) is 5.16. The van der Waals surface area contributed by atoms with Gasteiger partial charge in [0.2, 0.25) is 0 Å². The minimum absolute atomic E-state index is 0.648. The molecule has 2 rings (SSSR count). The standard InChI is InChI=1S/C9H13NS/c1-2-5-10-9(3-1)8-4-6-11-7-8/h4,6-7,9-10H,1-3,5H2/t9-/m0/s1. The van der Waals surface area contributed by atoms with E-state index in [0.717, 1.165) is 0 Å². The quantitative estimate of drug-likeness (QED) is 0.678. The van der Waals surface area contributed by atoms with E-state index in [1.165, 1.54) is 31.4 Å². The molecule has 1 saturated heterocycles. The number of piperidine rings is 1. The summed E-state index contributed by atoms with van der Waals surface area (Å²) in [6, 6.07) is 2.88. The van der Waals surface area contributed by atoms with Crippen LogP contribution in [0.1, 0.15) is 30.9 Å². The van der Waals surface area contributed by atoms with E-state index >= 15 is 0 Å². The minimum Gasteiger partial charge on any atom is -0.310 e. The lowest BCUT2D eigenvalue weighted by atomic mass is 10.0. The lowest BCUT2D eigenvalue weighted by molar-refractivity contribution is 0.413. The fourth-order valence-electron chi connectivity index (χ4n) is 1.61. The molecule has 0 spiro atoms. The van der Waals surface area contributed by atoms with Crippen LogP contribution in [0.25, 0.3) is 0 Å². The van der Waals surface area contributed by atoms with Crippen molar-refractivity contribution in [1.82, 2.24) is 5.32 Å². The van der Waals surface area contributed by atoms with E-state index in [9.17, 15) is 0 Å². The van der Waals surface area contributed by atoms with Crippen LogP contribution in [0, 0.1) is 0 Å². The zero-order chi connectivity index (χ0) is 7.52.